The molecule has 2 aromatic heterocycles. The quantitative estimate of drug-likeness (QED) is 0.183. The SMILES string of the molecule is O=C(CCn1cnc2c(F)c(Cc3ccc(Br)cc3Cl)c(C(=O)COCCO)cc21)NCc1ccccn1. The number of aryl methyl sites for hydroxylation is 1. The van der Waals surface area contributed by atoms with Gasteiger partial charge in [0.2, 0.25) is 5.91 Å². The molecule has 0 aliphatic heterocycles. The van der Waals surface area contributed by atoms with Crippen LogP contribution in [0.25, 0.3) is 11.0 Å². The molecule has 1 amide bonds. The van der Waals surface area contributed by atoms with Crippen LogP contribution in [-0.2, 0) is 29.0 Å². The van der Waals surface area contributed by atoms with Gasteiger partial charge in [0, 0.05) is 46.2 Å². The second kappa shape index (κ2) is 13.1. The highest BCUT2D eigenvalue weighted by molar-refractivity contribution is 9.10. The lowest BCUT2D eigenvalue weighted by molar-refractivity contribution is -0.121. The summed E-state index contributed by atoms with van der Waals surface area (Å²) in [5.74, 6) is -1.28. The number of rotatable bonds is 12. The summed E-state index contributed by atoms with van der Waals surface area (Å²) < 4.78 is 23.5. The molecule has 0 fully saturated rings. The van der Waals surface area contributed by atoms with E-state index in [1.54, 1.807) is 41.1 Å². The van der Waals surface area contributed by atoms with E-state index >= 15 is 4.39 Å². The zero-order valence-electron chi connectivity index (χ0n) is 20.3. The topological polar surface area (TPSA) is 106 Å². The monoisotopic (exact) mass is 602 g/mol. The highest BCUT2D eigenvalue weighted by Gasteiger charge is 2.23. The van der Waals surface area contributed by atoms with Crippen molar-refractivity contribution >= 4 is 50.3 Å². The standard InChI is InChI=1S/C27H25BrClFN4O4/c28-18-5-4-17(22(29)12-18)11-21-20(24(36)15-38-10-9-35)13-23-27(26(21)30)33-16-34(23)8-6-25(37)32-14-19-3-1-2-7-31-19/h1-5,7,12-13,16,35H,6,8-11,14-15H2,(H,32,37). The number of aromatic nitrogens is 3. The smallest absolute Gasteiger partial charge is 0.222 e. The van der Waals surface area contributed by atoms with Gasteiger partial charge in [-0.15, -0.1) is 0 Å². The molecule has 0 saturated heterocycles. The fourth-order valence-electron chi connectivity index (χ4n) is 3.96. The highest BCUT2D eigenvalue weighted by Crippen LogP contribution is 2.30. The Kier molecular flexibility index (Phi) is 9.57. The van der Waals surface area contributed by atoms with Crippen LogP contribution in [0.4, 0.5) is 4.39 Å². The summed E-state index contributed by atoms with van der Waals surface area (Å²) in [6.07, 6.45) is 3.30. The van der Waals surface area contributed by atoms with Crippen LogP contribution in [-0.4, -0.2) is 51.2 Å². The van der Waals surface area contributed by atoms with E-state index in [-0.39, 0.29) is 61.8 Å². The van der Waals surface area contributed by atoms with Gasteiger partial charge in [-0.05, 0) is 35.9 Å². The van der Waals surface area contributed by atoms with Crippen molar-refractivity contribution in [1.29, 1.82) is 0 Å². The normalized spacial score (nSPS) is 11.2. The third-order valence-corrected chi connectivity index (χ3v) is 6.73. The Morgan fingerprint density at radius 2 is 2.03 bits per heavy atom. The number of hydrogen-bond acceptors (Lipinski definition) is 6. The summed E-state index contributed by atoms with van der Waals surface area (Å²) in [5.41, 5.74) is 2.14. The summed E-state index contributed by atoms with van der Waals surface area (Å²) in [6.45, 7) is -0.0479. The van der Waals surface area contributed by atoms with E-state index < -0.39 is 11.6 Å². The average Bonchev–Trinajstić information content (AvgIpc) is 3.32. The number of ketones is 1. The van der Waals surface area contributed by atoms with Gasteiger partial charge in [0.25, 0.3) is 0 Å². The lowest BCUT2D eigenvalue weighted by Gasteiger charge is -2.14. The first-order valence-corrected chi connectivity index (χ1v) is 13.0. The molecule has 0 aliphatic carbocycles. The maximum Gasteiger partial charge on any atom is 0.222 e. The van der Waals surface area contributed by atoms with E-state index in [0.29, 0.717) is 22.6 Å². The third-order valence-electron chi connectivity index (χ3n) is 5.88. The molecular weight excluding hydrogens is 579 g/mol. The van der Waals surface area contributed by atoms with Crippen molar-refractivity contribution in [3.05, 3.63) is 92.7 Å². The third kappa shape index (κ3) is 6.82. The van der Waals surface area contributed by atoms with Crippen LogP contribution in [0.15, 0.2) is 59.5 Å². The molecular formula is C27H25BrClFN4O4. The Morgan fingerprint density at radius 3 is 2.76 bits per heavy atom. The van der Waals surface area contributed by atoms with Crippen molar-refractivity contribution in [1.82, 2.24) is 19.9 Å². The van der Waals surface area contributed by atoms with Gasteiger partial charge in [0.1, 0.15) is 12.1 Å². The molecule has 8 nitrogen and oxygen atoms in total. The summed E-state index contributed by atoms with van der Waals surface area (Å²) in [7, 11) is 0. The van der Waals surface area contributed by atoms with E-state index in [4.69, 9.17) is 21.4 Å². The summed E-state index contributed by atoms with van der Waals surface area (Å²) in [5, 5.41) is 12.2. The molecule has 11 heteroatoms. The summed E-state index contributed by atoms with van der Waals surface area (Å²) >= 11 is 9.73. The van der Waals surface area contributed by atoms with Crippen molar-refractivity contribution in [2.75, 3.05) is 19.8 Å². The van der Waals surface area contributed by atoms with Crippen LogP contribution in [0.5, 0.6) is 0 Å². The van der Waals surface area contributed by atoms with E-state index in [1.807, 2.05) is 12.1 Å². The Hall–Kier alpha value is -3.18. The fourth-order valence-corrected chi connectivity index (χ4v) is 4.70. The second-order valence-electron chi connectivity index (χ2n) is 8.48. The maximum atomic E-state index is 15.8. The van der Waals surface area contributed by atoms with Crippen LogP contribution in [0, 0.1) is 5.82 Å². The molecule has 2 aromatic carbocycles. The van der Waals surface area contributed by atoms with E-state index in [0.717, 1.165) is 10.2 Å². The number of ether oxygens (including phenoxy) is 1. The summed E-state index contributed by atoms with van der Waals surface area (Å²) in [6, 6.07) is 12.3. The minimum absolute atomic E-state index is 0.0180. The number of nitrogens with one attached hydrogen (secondary N) is 1. The first-order chi connectivity index (χ1) is 18.4. The van der Waals surface area contributed by atoms with Crippen molar-refractivity contribution in [2.45, 2.75) is 25.9 Å². The average molecular weight is 604 g/mol. The second-order valence-corrected chi connectivity index (χ2v) is 9.80. The van der Waals surface area contributed by atoms with Gasteiger partial charge in [0.05, 0.1) is 37.3 Å². The van der Waals surface area contributed by atoms with Crippen LogP contribution in [0.2, 0.25) is 5.02 Å². The molecule has 2 N–H and O–H groups in total. The Labute approximate surface area is 231 Å². The molecule has 4 aromatic rings. The molecule has 198 valence electrons. The predicted molar refractivity (Wildman–Crippen MR) is 145 cm³/mol. The number of imidazole rings is 1. The Bertz CT molecular complexity index is 1450. The van der Waals surface area contributed by atoms with Gasteiger partial charge < -0.3 is 19.7 Å². The molecule has 0 unspecified atom stereocenters. The molecule has 0 saturated carbocycles. The number of fused-ring (bicyclic) bond motifs is 1. The largest absolute Gasteiger partial charge is 0.394 e. The van der Waals surface area contributed by atoms with Crippen LogP contribution < -0.4 is 5.32 Å². The fraction of sp³-hybridized carbons (Fsp3) is 0.259. The first-order valence-electron chi connectivity index (χ1n) is 11.9. The minimum Gasteiger partial charge on any atom is -0.394 e. The molecule has 0 aliphatic rings. The zero-order chi connectivity index (χ0) is 27.1. The number of aliphatic hydroxyl groups is 1. The number of aliphatic hydroxyl groups excluding tert-OH is 1. The van der Waals surface area contributed by atoms with E-state index in [9.17, 15) is 9.59 Å². The number of Topliss-reactive ketones (excluding diaryl/α,β-unsaturated/α-hetero) is 1. The molecule has 0 spiro atoms. The maximum absolute atomic E-state index is 15.8. The molecule has 0 bridgehead atoms. The van der Waals surface area contributed by atoms with E-state index in [2.05, 4.69) is 31.2 Å². The van der Waals surface area contributed by atoms with Gasteiger partial charge in [-0.2, -0.15) is 0 Å². The van der Waals surface area contributed by atoms with Gasteiger partial charge in [-0.1, -0.05) is 39.7 Å². The molecule has 0 atom stereocenters. The highest BCUT2D eigenvalue weighted by atomic mass is 79.9. The minimum atomic E-state index is -0.634. The Morgan fingerprint density at radius 1 is 1.18 bits per heavy atom. The lowest BCUT2D eigenvalue weighted by Crippen LogP contribution is -2.24. The first kappa shape index (κ1) is 27.8. The molecule has 0 radical (unpaired) electrons. The van der Waals surface area contributed by atoms with E-state index in [1.165, 1.54) is 6.33 Å². The number of carbonyl (C=O) groups excluding carboxylic acids is 2. The van der Waals surface area contributed by atoms with Crippen LogP contribution in [0.1, 0.15) is 33.6 Å². The number of nitrogens with zero attached hydrogens (tertiary/aromatic N) is 3. The number of benzene rings is 2. The van der Waals surface area contributed by atoms with Gasteiger partial charge in [0.15, 0.2) is 11.6 Å². The van der Waals surface area contributed by atoms with Crippen molar-refractivity contribution < 1.29 is 23.8 Å². The predicted octanol–water partition coefficient (Wildman–Crippen LogP) is 4.48. The van der Waals surface area contributed by atoms with Crippen LogP contribution >= 0.6 is 27.5 Å². The summed E-state index contributed by atoms with van der Waals surface area (Å²) in [4.78, 5) is 33.9. The molecule has 4 rings (SSSR count). The number of carbonyl (C=O) groups is 2. The number of hydrogen-bond donors (Lipinski definition) is 2. The van der Waals surface area contributed by atoms with Gasteiger partial charge >= 0.3 is 0 Å². The number of amides is 1. The van der Waals surface area contributed by atoms with Crippen molar-refractivity contribution in [3.63, 3.8) is 0 Å². The molecule has 38 heavy (non-hydrogen) atoms. The van der Waals surface area contributed by atoms with Crippen molar-refractivity contribution in [3.8, 4) is 0 Å². The van der Waals surface area contributed by atoms with Gasteiger partial charge in [-0.25, -0.2) is 9.37 Å². The number of pyridine rings is 1. The Balaban J connectivity index is 1.60. The number of halogens is 3. The zero-order valence-corrected chi connectivity index (χ0v) is 22.6. The van der Waals surface area contributed by atoms with Crippen molar-refractivity contribution in [2.24, 2.45) is 0 Å². The lowest BCUT2D eigenvalue weighted by atomic mass is 9.95. The molecule has 2 heterocycles. The van der Waals surface area contributed by atoms with Crippen LogP contribution in [0.3, 0.4) is 0 Å². The van der Waals surface area contributed by atoms with Gasteiger partial charge in [-0.3, -0.25) is 14.6 Å².